The second-order valence-corrected chi connectivity index (χ2v) is 40.1. The molecule has 0 saturated heterocycles. The SMILES string of the molecule is CC.CC.CC.CC.CC#N.CC(C)(C)C.CC(C)C.CC12CC3CC(CC(C3)C1)C2.CN(c1cc(C(C)(C)C)cc(C(C)(C)C)c1)c1cc(C(C)(C)C)cc(C(C)(C)C)c1.CN(c1ccc(C(C)(C)C)cc1)c1ccc(C(C)(C)C)cc1.CN(c1ccccc1)c1ccccc1.[2H]C(C)(C)C.[2H]C([2H])([2H])C([2H])(C)C([2H])([2H])C.[2H]C1(C)CCCCC1. The minimum Gasteiger partial charge on any atom is -0.345 e. The molecule has 6 aromatic rings. The van der Waals surface area contributed by atoms with E-state index in [0.717, 1.165) is 55.8 Å². The van der Waals surface area contributed by atoms with Crippen LogP contribution < -0.4 is 14.7 Å². The molecule has 0 aliphatic heterocycles. The molecular weight excluding hydrogens is 1370 g/mol. The lowest BCUT2D eigenvalue weighted by atomic mass is 9.50. The van der Waals surface area contributed by atoms with Crippen LogP contribution in [0.4, 0.5) is 34.1 Å². The van der Waals surface area contributed by atoms with Gasteiger partial charge in [0.2, 0.25) is 0 Å². The van der Waals surface area contributed by atoms with E-state index < -0.39 is 19.1 Å². The van der Waals surface area contributed by atoms with Crippen molar-refractivity contribution in [1.29, 1.82) is 5.26 Å². The first-order valence-electron chi connectivity index (χ1n) is 48.0. The summed E-state index contributed by atoms with van der Waals surface area (Å²) in [6, 6.07) is 54.4. The van der Waals surface area contributed by atoms with Gasteiger partial charge >= 0.3 is 0 Å². The highest BCUT2D eigenvalue weighted by atomic mass is 15.1. The topological polar surface area (TPSA) is 33.5 Å². The molecule has 0 N–H and O–H groups in total. The minimum absolute atomic E-state index is 0.0712. The summed E-state index contributed by atoms with van der Waals surface area (Å²) in [6.45, 7) is 83.5. The first-order chi connectivity index (χ1) is 54.9. The molecule has 4 bridgehead atoms. The summed E-state index contributed by atoms with van der Waals surface area (Å²) in [5.74, 6) is 1.90. The van der Waals surface area contributed by atoms with E-state index >= 15 is 0 Å². The maximum Gasteiger partial charge on any atom is 0.0587 e. The van der Waals surface area contributed by atoms with E-state index in [-0.39, 0.29) is 44.3 Å². The maximum absolute atomic E-state index is 7.63. The Labute approximate surface area is 719 Å². The first-order valence-corrected chi connectivity index (χ1v) is 44.0. The lowest BCUT2D eigenvalue weighted by Crippen LogP contribution is -2.44. The van der Waals surface area contributed by atoms with Crippen LogP contribution in [0.2, 0.25) is 0 Å². The molecule has 0 amide bonds. The van der Waals surface area contributed by atoms with Crippen LogP contribution in [0.5, 0.6) is 0 Å². The number of nitriles is 1. The summed E-state index contributed by atoms with van der Waals surface area (Å²) < 4.78 is 56.8. The molecule has 0 aromatic heterocycles. The number of hydrogen-bond donors (Lipinski definition) is 0. The number of nitrogens with zero attached hydrogens (tertiary/aromatic N) is 4. The lowest BCUT2D eigenvalue weighted by Gasteiger charge is -2.55. The molecule has 113 heavy (non-hydrogen) atoms. The average Bonchev–Trinajstić information content (AvgIpc) is 0.758. The van der Waals surface area contributed by atoms with Gasteiger partial charge in [0.15, 0.2) is 0 Å². The van der Waals surface area contributed by atoms with Crippen LogP contribution in [-0.2, 0) is 32.5 Å². The fourth-order valence-corrected chi connectivity index (χ4v) is 13.2. The van der Waals surface area contributed by atoms with Gasteiger partial charge < -0.3 is 14.7 Å². The Balaban J connectivity index is -0.000000666. The van der Waals surface area contributed by atoms with Crippen molar-refractivity contribution in [2.75, 3.05) is 35.8 Å². The summed E-state index contributed by atoms with van der Waals surface area (Å²) >= 11 is 0. The Hall–Kier alpha value is -5.79. The smallest absolute Gasteiger partial charge is 0.0587 e. The molecule has 5 aliphatic rings. The molecule has 0 heterocycles. The fourth-order valence-electron chi connectivity index (χ4n) is 13.2. The largest absolute Gasteiger partial charge is 0.345 e. The summed E-state index contributed by atoms with van der Waals surface area (Å²) in [5, 5.41) is 7.32. The van der Waals surface area contributed by atoms with Crippen LogP contribution in [0, 0.1) is 63.5 Å². The minimum atomic E-state index is -2.58. The van der Waals surface area contributed by atoms with Crippen LogP contribution in [-0.4, -0.2) is 21.1 Å². The van der Waals surface area contributed by atoms with Gasteiger partial charge in [-0.15, -0.1) is 0 Å². The quantitative estimate of drug-likeness (QED) is 0.160. The lowest BCUT2D eigenvalue weighted by molar-refractivity contribution is -0.0411. The van der Waals surface area contributed by atoms with Gasteiger partial charge in [0.1, 0.15) is 0 Å². The molecule has 4 nitrogen and oxygen atoms in total. The Bertz CT molecular complexity index is 3380. The van der Waals surface area contributed by atoms with E-state index in [1.807, 2.05) is 95.2 Å². The molecule has 4 heteroatoms. The highest BCUT2D eigenvalue weighted by Gasteiger charge is 2.48. The standard InChI is InChI=1S/C29H45N.C21H29N.C13H13N.C11H18.C7H14.2C5H12.2C4H10.C2H3N.4C2H6/c1-26(2,3)20-14-21(27(4,5)6)17-24(16-20)30(13)25-18-22(28(7,8)9)15-23(19-25)29(10,11)12;1-20(2,3)16-8-12-18(13-9-16)22(7)19-14-10-17(11-15-19)21(4,5)6;1-14(12-8-4-2-5-9-12)13-10-6-3-7-11-13;1-11-5-8-2-9(6-11)4-10(3-8)7-11;1-7-5-3-2-4-6-7;1-5(2,3)4;1-4-5(2)3;2*1-4(2)3;1-2-3;4*1-2/h14-19H,1-13H3;8-15H,1-7H3;2-11H,1H3;8-10H,2-7H2,1H3;7H,2-6H2,1H3;1-4H3;5H,4H2,1-3H3;2*4H,1-3H3;1H3;4*1-2H3/i;;;;7D;;2D3,4D2,5D;4D;;;;;;. The van der Waals surface area contributed by atoms with Crippen molar-refractivity contribution in [3.63, 3.8) is 0 Å². The molecule has 5 aliphatic carbocycles. The van der Waals surface area contributed by atoms with Gasteiger partial charge in [0.25, 0.3) is 0 Å². The molecule has 1 unspecified atom stereocenters. The second kappa shape index (κ2) is 55.8. The van der Waals surface area contributed by atoms with Gasteiger partial charge in [-0.3, -0.25) is 0 Å². The number of para-hydroxylation sites is 2. The molecule has 1 atom stereocenters. The zero-order valence-corrected chi connectivity index (χ0v) is 82.7. The second-order valence-electron chi connectivity index (χ2n) is 40.1. The van der Waals surface area contributed by atoms with Crippen LogP contribution in [0.1, 0.15) is 412 Å². The molecule has 0 radical (unpaired) electrons. The Morgan fingerprint density at radius 3 is 0.796 bits per heavy atom. The average molecular weight is 1560 g/mol. The third kappa shape index (κ3) is 50.4. The molecule has 5 saturated carbocycles. The fraction of sp³-hybridized carbons (Fsp3) is 0.661. The van der Waals surface area contributed by atoms with Gasteiger partial charge in [-0.25, -0.2) is 0 Å². The molecular formula is C109H190N4. The Morgan fingerprint density at radius 2 is 0.628 bits per heavy atom. The molecule has 5 fully saturated rings. The van der Waals surface area contributed by atoms with Gasteiger partial charge in [-0.1, -0.05) is 395 Å². The van der Waals surface area contributed by atoms with Gasteiger partial charge in [-0.05, 0) is 229 Å². The van der Waals surface area contributed by atoms with Crippen LogP contribution in [0.15, 0.2) is 146 Å². The van der Waals surface area contributed by atoms with E-state index in [9.17, 15) is 0 Å². The van der Waals surface area contributed by atoms with Crippen molar-refractivity contribution in [3.8, 4) is 6.07 Å². The predicted octanol–water partition coefficient (Wildman–Crippen LogP) is 36.0. The van der Waals surface area contributed by atoms with E-state index in [0.29, 0.717) is 5.41 Å². The van der Waals surface area contributed by atoms with Crippen molar-refractivity contribution < 1.29 is 11.0 Å². The van der Waals surface area contributed by atoms with Crippen LogP contribution in [0.3, 0.4) is 0 Å². The van der Waals surface area contributed by atoms with E-state index in [2.05, 4.69) is 349 Å². The maximum atomic E-state index is 7.63. The number of hydrogen-bond acceptors (Lipinski definition) is 4. The Morgan fingerprint density at radius 1 is 0.416 bits per heavy atom. The number of rotatable bonds is 7. The van der Waals surface area contributed by atoms with Crippen molar-refractivity contribution in [2.45, 2.75) is 400 Å². The van der Waals surface area contributed by atoms with Gasteiger partial charge in [0.05, 0.1) is 6.07 Å². The van der Waals surface area contributed by atoms with Crippen molar-refractivity contribution in [1.82, 2.24) is 0 Å². The van der Waals surface area contributed by atoms with Crippen LogP contribution in [0.25, 0.3) is 0 Å². The summed E-state index contributed by atoms with van der Waals surface area (Å²) in [7, 11) is 6.41. The predicted molar refractivity (Wildman–Crippen MR) is 522 cm³/mol. The molecule has 0 spiro atoms. The number of anilines is 6. The van der Waals surface area contributed by atoms with Crippen LogP contribution >= 0.6 is 0 Å². The van der Waals surface area contributed by atoms with E-state index in [4.69, 9.17) is 16.2 Å². The third-order valence-electron chi connectivity index (χ3n) is 19.0. The molecule has 11 rings (SSSR count). The zero-order valence-electron chi connectivity index (χ0n) is 90.7. The monoisotopic (exact) mass is 1560 g/mol. The normalized spacial score (nSPS) is 18.7. The Kier molecular flexibility index (Phi) is 48.2. The van der Waals surface area contributed by atoms with Crippen molar-refractivity contribution in [2.24, 2.45) is 52.2 Å². The first kappa shape index (κ1) is 97.8. The summed E-state index contributed by atoms with van der Waals surface area (Å²) in [4.78, 5) is 6.77. The van der Waals surface area contributed by atoms with Gasteiger partial charge in [-0.2, -0.15) is 5.26 Å². The highest BCUT2D eigenvalue weighted by Crippen LogP contribution is 2.59. The third-order valence-corrected chi connectivity index (χ3v) is 19.0. The van der Waals surface area contributed by atoms with E-state index in [1.165, 1.54) is 93.7 Å². The number of benzene rings is 6. The van der Waals surface area contributed by atoms with Gasteiger partial charge in [0, 0.05) is 73.2 Å². The van der Waals surface area contributed by atoms with Crippen molar-refractivity contribution in [3.05, 3.63) is 179 Å². The zero-order chi connectivity index (χ0) is 95.9. The molecule has 6 aromatic carbocycles. The highest BCUT2D eigenvalue weighted by molar-refractivity contribution is 5.68. The molecule has 646 valence electrons. The van der Waals surface area contributed by atoms with E-state index in [1.54, 1.807) is 44.6 Å². The summed E-state index contributed by atoms with van der Waals surface area (Å²) in [5.41, 5.74) is 17.8. The summed E-state index contributed by atoms with van der Waals surface area (Å²) in [6.07, 6.45) is 13.6. The van der Waals surface area contributed by atoms with Crippen molar-refractivity contribution >= 4 is 34.1 Å².